The van der Waals surface area contributed by atoms with Crippen LogP contribution in [-0.4, -0.2) is 22.9 Å². The fraction of sp³-hybridized carbons (Fsp3) is 0.176. The lowest BCUT2D eigenvalue weighted by Crippen LogP contribution is -2.31. The molecule has 2 aromatic rings. The van der Waals surface area contributed by atoms with Crippen LogP contribution in [0.25, 0.3) is 0 Å². The fourth-order valence-electron chi connectivity index (χ4n) is 2.13. The second-order valence-corrected chi connectivity index (χ2v) is 5.50. The highest BCUT2D eigenvalue weighted by Crippen LogP contribution is 2.37. The van der Waals surface area contributed by atoms with Crippen LogP contribution in [0.15, 0.2) is 42.5 Å². The molecule has 0 saturated carbocycles. The monoisotopic (exact) mass is 400 g/mol. The Balaban J connectivity index is 2.19. The first kappa shape index (κ1) is 20.8. The molecule has 0 heterocycles. The minimum absolute atomic E-state index is 0.269. The van der Waals surface area contributed by atoms with Crippen molar-refractivity contribution in [3.05, 3.63) is 69.5 Å². The summed E-state index contributed by atoms with van der Waals surface area (Å²) >= 11 is 0. The van der Waals surface area contributed by atoms with Crippen molar-refractivity contribution in [1.29, 1.82) is 0 Å². The number of benzene rings is 2. The van der Waals surface area contributed by atoms with Crippen LogP contribution < -0.4 is 5.32 Å². The third-order valence-corrected chi connectivity index (χ3v) is 3.52. The molecule has 1 N–H and O–H groups in total. The number of nitro groups is 1. The zero-order chi connectivity index (χ0) is 21.1. The van der Waals surface area contributed by atoms with E-state index in [0.29, 0.717) is 6.07 Å². The number of nitrogens with zero attached hydrogens (tertiary/aromatic N) is 1. The van der Waals surface area contributed by atoms with Gasteiger partial charge in [0.05, 0.1) is 21.7 Å². The van der Waals surface area contributed by atoms with E-state index < -0.39 is 57.4 Å². The minimum atomic E-state index is -4.98. The van der Waals surface area contributed by atoms with E-state index in [-0.39, 0.29) is 6.07 Å². The maximum atomic E-state index is 13.5. The van der Waals surface area contributed by atoms with Crippen molar-refractivity contribution in [3.63, 3.8) is 0 Å². The number of nitrogens with one attached hydrogen (secondary N) is 1. The molecule has 0 aliphatic heterocycles. The van der Waals surface area contributed by atoms with E-state index in [1.54, 1.807) is 0 Å². The third-order valence-electron chi connectivity index (χ3n) is 3.52. The maximum absolute atomic E-state index is 13.5. The quantitative estimate of drug-likeness (QED) is 0.355. The van der Waals surface area contributed by atoms with Crippen molar-refractivity contribution >= 4 is 23.3 Å². The van der Waals surface area contributed by atoms with Crippen LogP contribution in [0.4, 0.5) is 28.9 Å². The smallest absolute Gasteiger partial charge is 0.418 e. The maximum Gasteiger partial charge on any atom is 0.418 e. The minimum Gasteiger partial charge on any atom is -0.449 e. The van der Waals surface area contributed by atoms with Crippen LogP contribution in [0.3, 0.4) is 0 Å². The molecule has 0 unspecified atom stereocenters. The second-order valence-electron chi connectivity index (χ2n) is 5.50. The first-order valence-electron chi connectivity index (χ1n) is 7.62. The number of hydrogen-bond donors (Lipinski definition) is 1. The van der Waals surface area contributed by atoms with Gasteiger partial charge in [-0.2, -0.15) is 13.2 Å². The highest BCUT2D eigenvalue weighted by molar-refractivity contribution is 5.98. The number of amides is 1. The fourth-order valence-corrected chi connectivity index (χ4v) is 2.13. The molecule has 1 amide bonds. The molecule has 148 valence electrons. The Bertz CT molecular complexity index is 930. The molecule has 11 heteroatoms. The first-order valence-corrected chi connectivity index (χ1v) is 7.62. The molecule has 0 aliphatic carbocycles. The van der Waals surface area contributed by atoms with Gasteiger partial charge in [0.15, 0.2) is 6.10 Å². The zero-order valence-corrected chi connectivity index (χ0v) is 14.1. The van der Waals surface area contributed by atoms with E-state index >= 15 is 0 Å². The lowest BCUT2D eigenvalue weighted by Gasteiger charge is -2.17. The van der Waals surface area contributed by atoms with E-state index in [1.807, 2.05) is 5.32 Å². The Kier molecular flexibility index (Phi) is 5.96. The molecular formula is C17H12F4N2O5. The normalized spacial score (nSPS) is 12.2. The van der Waals surface area contributed by atoms with E-state index in [9.17, 15) is 37.3 Å². The van der Waals surface area contributed by atoms with Crippen LogP contribution in [-0.2, 0) is 15.7 Å². The summed E-state index contributed by atoms with van der Waals surface area (Å²) in [6, 6.07) is 6.55. The van der Waals surface area contributed by atoms with Crippen molar-refractivity contribution in [2.24, 2.45) is 0 Å². The number of carbonyl (C=O) groups excluding carboxylic acids is 2. The van der Waals surface area contributed by atoms with Gasteiger partial charge in [-0.15, -0.1) is 0 Å². The van der Waals surface area contributed by atoms with Crippen LogP contribution in [0.2, 0.25) is 0 Å². The van der Waals surface area contributed by atoms with E-state index in [4.69, 9.17) is 4.74 Å². The highest BCUT2D eigenvalue weighted by atomic mass is 19.4. The molecule has 0 radical (unpaired) electrons. The van der Waals surface area contributed by atoms with Gasteiger partial charge in [0, 0.05) is 12.1 Å². The number of anilines is 1. The van der Waals surface area contributed by atoms with Crippen LogP contribution >= 0.6 is 0 Å². The molecule has 0 bridgehead atoms. The molecule has 0 fully saturated rings. The lowest BCUT2D eigenvalue weighted by molar-refractivity contribution is -0.385. The largest absolute Gasteiger partial charge is 0.449 e. The van der Waals surface area contributed by atoms with Crippen LogP contribution in [0.5, 0.6) is 0 Å². The van der Waals surface area contributed by atoms with Gasteiger partial charge in [0.2, 0.25) is 0 Å². The Labute approximate surface area is 155 Å². The van der Waals surface area contributed by atoms with Gasteiger partial charge in [0.1, 0.15) is 5.82 Å². The summed E-state index contributed by atoms with van der Waals surface area (Å²) in [7, 11) is 0. The number of non-ortho nitro benzene ring substituents is 1. The van der Waals surface area contributed by atoms with E-state index in [2.05, 4.69) is 0 Å². The van der Waals surface area contributed by atoms with Crippen molar-refractivity contribution in [1.82, 2.24) is 0 Å². The van der Waals surface area contributed by atoms with Crippen LogP contribution in [0, 0.1) is 15.9 Å². The topological polar surface area (TPSA) is 98.5 Å². The summed E-state index contributed by atoms with van der Waals surface area (Å²) in [6.45, 7) is 1.08. The predicted octanol–water partition coefficient (Wildman–Crippen LogP) is 3.94. The molecule has 0 spiro atoms. The molecule has 28 heavy (non-hydrogen) atoms. The summed E-state index contributed by atoms with van der Waals surface area (Å²) in [5.41, 5.74) is -3.46. The Morgan fingerprint density at radius 2 is 1.82 bits per heavy atom. The average molecular weight is 400 g/mol. The molecule has 7 nitrogen and oxygen atoms in total. The van der Waals surface area contributed by atoms with Gasteiger partial charge in [-0.1, -0.05) is 12.1 Å². The molecule has 2 aromatic carbocycles. The number of rotatable bonds is 5. The molecule has 0 saturated heterocycles. The number of alkyl halides is 3. The molecule has 1 atom stereocenters. The van der Waals surface area contributed by atoms with E-state index in [1.165, 1.54) is 12.1 Å². The number of halogens is 4. The van der Waals surface area contributed by atoms with Gasteiger partial charge in [-0.05, 0) is 25.1 Å². The number of ether oxygens (including phenoxy) is 1. The molecular weight excluding hydrogens is 388 g/mol. The van der Waals surface area contributed by atoms with Crippen molar-refractivity contribution in [3.8, 4) is 0 Å². The van der Waals surface area contributed by atoms with Gasteiger partial charge in [0.25, 0.3) is 11.6 Å². The first-order chi connectivity index (χ1) is 13.0. The van der Waals surface area contributed by atoms with E-state index in [0.717, 1.165) is 25.1 Å². The molecule has 2 rings (SSSR count). The van der Waals surface area contributed by atoms with Gasteiger partial charge in [-0.25, -0.2) is 9.18 Å². The average Bonchev–Trinajstić information content (AvgIpc) is 2.61. The zero-order valence-electron chi connectivity index (χ0n) is 14.1. The summed E-state index contributed by atoms with van der Waals surface area (Å²) in [5, 5.41) is 12.6. The third kappa shape index (κ3) is 4.81. The van der Waals surface area contributed by atoms with Crippen molar-refractivity contribution in [2.75, 3.05) is 5.32 Å². The van der Waals surface area contributed by atoms with Crippen LogP contribution in [0.1, 0.15) is 22.8 Å². The summed E-state index contributed by atoms with van der Waals surface area (Å²) in [4.78, 5) is 33.6. The highest BCUT2D eigenvalue weighted by Gasteiger charge is 2.36. The Hall–Kier alpha value is -3.50. The standard InChI is InChI=1S/C17H12F4N2O5/c1-9(28-16(25)11-4-2-3-5-13(11)18)15(24)22-14-7-6-10(23(26)27)8-12(14)17(19,20)21/h2-9H,1H3,(H,22,24)/t9-/m1/s1. The van der Waals surface area contributed by atoms with Gasteiger partial charge >= 0.3 is 12.1 Å². The number of hydrogen-bond acceptors (Lipinski definition) is 5. The number of esters is 1. The summed E-state index contributed by atoms with van der Waals surface area (Å²) in [5.74, 6) is -3.21. The summed E-state index contributed by atoms with van der Waals surface area (Å²) in [6.07, 6.45) is -6.55. The molecule has 0 aliphatic rings. The predicted molar refractivity (Wildman–Crippen MR) is 88.0 cm³/mol. The second kappa shape index (κ2) is 8.03. The lowest BCUT2D eigenvalue weighted by atomic mass is 10.1. The number of carbonyl (C=O) groups is 2. The number of nitro benzene ring substituents is 1. The molecule has 0 aromatic heterocycles. The Morgan fingerprint density at radius 3 is 2.39 bits per heavy atom. The van der Waals surface area contributed by atoms with Gasteiger partial charge < -0.3 is 10.1 Å². The van der Waals surface area contributed by atoms with Gasteiger partial charge in [-0.3, -0.25) is 14.9 Å². The Morgan fingerprint density at radius 1 is 1.18 bits per heavy atom. The van der Waals surface area contributed by atoms with Crippen molar-refractivity contribution in [2.45, 2.75) is 19.2 Å². The van der Waals surface area contributed by atoms with Crippen molar-refractivity contribution < 1.29 is 36.8 Å². The SMILES string of the molecule is C[C@@H](OC(=O)c1ccccc1F)C(=O)Nc1ccc([N+](=O)[O-])cc1C(F)(F)F. The summed E-state index contributed by atoms with van der Waals surface area (Å²) < 4.78 is 57.7.